The van der Waals surface area contributed by atoms with Crippen molar-refractivity contribution < 1.29 is 13.2 Å². The molecule has 1 aliphatic heterocycles. The van der Waals surface area contributed by atoms with E-state index in [0.29, 0.717) is 55.9 Å². The van der Waals surface area contributed by atoms with E-state index in [9.17, 15) is 18.5 Å². The van der Waals surface area contributed by atoms with Gasteiger partial charge in [0.1, 0.15) is 11.1 Å². The number of sulfonamides is 1. The standard InChI is InChI=1S/C26H28N4O3S2/c1-35(32,33)30(15-6-10-20-7-3-2-4-8-20)26-23(17-27)22-13-16-29(19-24(22)34-26)25(31)12-11-21-9-5-14-28-18-21/h2-5,7-9,14,18H,6,10-13,15-16,19H2,1H3. The quantitative estimate of drug-likeness (QED) is 0.437. The van der Waals surface area contributed by atoms with Gasteiger partial charge in [-0.2, -0.15) is 5.26 Å². The Labute approximate surface area is 210 Å². The number of carbonyl (C=O) groups is 1. The molecule has 0 fully saturated rings. The lowest BCUT2D eigenvalue weighted by Crippen LogP contribution is -2.35. The highest BCUT2D eigenvalue weighted by Crippen LogP contribution is 2.40. The minimum Gasteiger partial charge on any atom is -0.337 e. The average molecular weight is 509 g/mol. The number of hydrogen-bond acceptors (Lipinski definition) is 6. The molecule has 3 aromatic rings. The Bertz CT molecular complexity index is 1320. The molecule has 4 rings (SSSR count). The van der Waals surface area contributed by atoms with Crippen molar-refractivity contribution >= 4 is 32.3 Å². The van der Waals surface area contributed by atoms with Crippen LogP contribution in [0.4, 0.5) is 5.00 Å². The number of aromatic nitrogens is 1. The molecule has 2 aromatic heterocycles. The van der Waals surface area contributed by atoms with Gasteiger partial charge in [0.2, 0.25) is 15.9 Å². The normalized spacial score (nSPS) is 13.2. The molecular formula is C26H28N4O3S2. The number of pyridine rings is 1. The summed E-state index contributed by atoms with van der Waals surface area (Å²) in [5.74, 6) is 0.0517. The molecule has 0 unspecified atom stereocenters. The third kappa shape index (κ3) is 6.08. The summed E-state index contributed by atoms with van der Waals surface area (Å²) in [5, 5.41) is 10.4. The van der Waals surface area contributed by atoms with E-state index in [1.807, 2.05) is 42.5 Å². The lowest BCUT2D eigenvalue weighted by atomic mass is 10.0. The smallest absolute Gasteiger partial charge is 0.232 e. The number of hydrogen-bond donors (Lipinski definition) is 0. The zero-order valence-electron chi connectivity index (χ0n) is 19.7. The van der Waals surface area contributed by atoms with Gasteiger partial charge in [0.05, 0.1) is 18.4 Å². The number of anilines is 1. The van der Waals surface area contributed by atoms with Crippen LogP contribution in [-0.4, -0.2) is 43.6 Å². The molecular weight excluding hydrogens is 480 g/mol. The van der Waals surface area contributed by atoms with Crippen molar-refractivity contribution in [1.29, 1.82) is 5.26 Å². The van der Waals surface area contributed by atoms with Crippen LogP contribution in [0.2, 0.25) is 0 Å². The number of benzene rings is 1. The lowest BCUT2D eigenvalue weighted by molar-refractivity contribution is -0.132. The lowest BCUT2D eigenvalue weighted by Gasteiger charge is -2.27. The third-order valence-corrected chi connectivity index (χ3v) is 8.67. The second-order valence-electron chi connectivity index (χ2n) is 8.65. The fourth-order valence-corrected chi connectivity index (χ4v) is 6.95. The summed E-state index contributed by atoms with van der Waals surface area (Å²) < 4.78 is 26.8. The van der Waals surface area contributed by atoms with E-state index in [-0.39, 0.29) is 5.91 Å². The third-order valence-electron chi connectivity index (χ3n) is 6.15. The maximum absolute atomic E-state index is 12.9. The van der Waals surface area contributed by atoms with E-state index in [1.165, 1.54) is 21.9 Å². The second kappa shape index (κ2) is 11.0. The maximum Gasteiger partial charge on any atom is 0.232 e. The number of nitriles is 1. The van der Waals surface area contributed by atoms with E-state index in [0.717, 1.165) is 28.0 Å². The minimum atomic E-state index is -3.57. The zero-order chi connectivity index (χ0) is 24.8. The minimum absolute atomic E-state index is 0.0517. The van der Waals surface area contributed by atoms with Crippen molar-refractivity contribution in [3.8, 4) is 6.07 Å². The number of rotatable bonds is 9. The largest absolute Gasteiger partial charge is 0.337 e. The van der Waals surface area contributed by atoms with Crippen LogP contribution in [0, 0.1) is 11.3 Å². The molecule has 0 saturated heterocycles. The summed E-state index contributed by atoms with van der Waals surface area (Å²) >= 11 is 1.32. The van der Waals surface area contributed by atoms with Gasteiger partial charge in [-0.15, -0.1) is 11.3 Å². The topological polar surface area (TPSA) is 94.4 Å². The van der Waals surface area contributed by atoms with Crippen LogP contribution in [0.15, 0.2) is 54.9 Å². The fraction of sp³-hybridized carbons (Fsp3) is 0.346. The highest BCUT2D eigenvalue weighted by Gasteiger charge is 2.31. The van der Waals surface area contributed by atoms with Crippen LogP contribution >= 0.6 is 11.3 Å². The number of nitrogens with zero attached hydrogens (tertiary/aromatic N) is 4. The predicted molar refractivity (Wildman–Crippen MR) is 138 cm³/mol. The molecule has 0 aliphatic carbocycles. The first-order chi connectivity index (χ1) is 16.9. The molecule has 0 spiro atoms. The van der Waals surface area contributed by atoms with E-state index >= 15 is 0 Å². The molecule has 0 bridgehead atoms. The summed E-state index contributed by atoms with van der Waals surface area (Å²) in [6.45, 7) is 1.23. The second-order valence-corrected chi connectivity index (χ2v) is 11.6. The van der Waals surface area contributed by atoms with Crippen molar-refractivity contribution in [2.45, 2.75) is 38.6 Å². The van der Waals surface area contributed by atoms with Crippen LogP contribution in [0.5, 0.6) is 0 Å². The van der Waals surface area contributed by atoms with Gasteiger partial charge in [-0.3, -0.25) is 14.1 Å². The van der Waals surface area contributed by atoms with Gasteiger partial charge in [0.25, 0.3) is 0 Å². The Kier molecular flexibility index (Phi) is 7.83. The number of carbonyl (C=O) groups excluding carboxylic acids is 1. The number of fused-ring (bicyclic) bond motifs is 1. The SMILES string of the molecule is CS(=O)(=O)N(CCCc1ccccc1)c1sc2c(c1C#N)CCN(C(=O)CCc1cccnc1)C2. The van der Waals surface area contributed by atoms with Crippen molar-refractivity contribution in [3.63, 3.8) is 0 Å². The van der Waals surface area contributed by atoms with E-state index in [4.69, 9.17) is 0 Å². The fourth-order valence-electron chi connectivity index (χ4n) is 4.34. The maximum atomic E-state index is 12.9. The average Bonchev–Trinajstić information content (AvgIpc) is 3.22. The van der Waals surface area contributed by atoms with Gasteiger partial charge in [0, 0.05) is 36.8 Å². The van der Waals surface area contributed by atoms with Gasteiger partial charge in [0.15, 0.2) is 0 Å². The molecule has 0 N–H and O–H groups in total. The molecule has 35 heavy (non-hydrogen) atoms. The first kappa shape index (κ1) is 24.9. The Balaban J connectivity index is 1.48. The summed E-state index contributed by atoms with van der Waals surface area (Å²) in [6, 6.07) is 16.0. The van der Waals surface area contributed by atoms with Gasteiger partial charge in [-0.1, -0.05) is 36.4 Å². The van der Waals surface area contributed by atoms with Crippen molar-refractivity contribution in [1.82, 2.24) is 9.88 Å². The summed E-state index contributed by atoms with van der Waals surface area (Å²) in [7, 11) is -3.57. The van der Waals surface area contributed by atoms with Gasteiger partial charge >= 0.3 is 0 Å². The van der Waals surface area contributed by atoms with Crippen LogP contribution in [-0.2, 0) is 40.6 Å². The predicted octanol–water partition coefficient (Wildman–Crippen LogP) is 3.93. The first-order valence-corrected chi connectivity index (χ1v) is 14.3. The number of aryl methyl sites for hydroxylation is 2. The molecule has 1 amide bonds. The van der Waals surface area contributed by atoms with E-state index in [2.05, 4.69) is 11.1 Å². The Morgan fingerprint density at radius 1 is 1.17 bits per heavy atom. The van der Waals surface area contributed by atoms with Gasteiger partial charge in [-0.05, 0) is 48.4 Å². The van der Waals surface area contributed by atoms with Crippen LogP contribution < -0.4 is 4.31 Å². The van der Waals surface area contributed by atoms with Crippen molar-refractivity contribution in [3.05, 3.63) is 82.0 Å². The van der Waals surface area contributed by atoms with Crippen LogP contribution in [0.1, 0.15) is 40.0 Å². The summed E-state index contributed by atoms with van der Waals surface area (Å²) in [6.07, 6.45) is 7.61. The highest BCUT2D eigenvalue weighted by molar-refractivity contribution is 7.92. The van der Waals surface area contributed by atoms with Gasteiger partial charge < -0.3 is 4.90 Å². The molecule has 0 atom stereocenters. The monoisotopic (exact) mass is 508 g/mol. The Hall–Kier alpha value is -3.22. The zero-order valence-corrected chi connectivity index (χ0v) is 21.3. The Morgan fingerprint density at radius 3 is 2.63 bits per heavy atom. The van der Waals surface area contributed by atoms with Gasteiger partial charge in [-0.25, -0.2) is 8.42 Å². The van der Waals surface area contributed by atoms with E-state index < -0.39 is 10.0 Å². The van der Waals surface area contributed by atoms with E-state index in [1.54, 1.807) is 17.3 Å². The molecule has 3 heterocycles. The van der Waals surface area contributed by atoms with Crippen molar-refractivity contribution in [2.24, 2.45) is 0 Å². The summed E-state index contributed by atoms with van der Waals surface area (Å²) in [4.78, 5) is 19.6. The molecule has 7 nitrogen and oxygen atoms in total. The van der Waals surface area contributed by atoms with Crippen molar-refractivity contribution in [2.75, 3.05) is 23.7 Å². The summed E-state index contributed by atoms with van der Waals surface area (Å²) in [5.41, 5.74) is 3.47. The number of thiophene rings is 1. The van der Waals surface area contributed by atoms with Crippen LogP contribution in [0.25, 0.3) is 0 Å². The molecule has 1 aromatic carbocycles. The molecule has 0 radical (unpaired) electrons. The molecule has 1 aliphatic rings. The Morgan fingerprint density at radius 2 is 1.94 bits per heavy atom. The van der Waals surface area contributed by atoms with Crippen LogP contribution in [0.3, 0.4) is 0 Å². The highest BCUT2D eigenvalue weighted by atomic mass is 32.2. The molecule has 9 heteroatoms. The molecule has 182 valence electrons. The first-order valence-electron chi connectivity index (χ1n) is 11.6. The molecule has 0 saturated carbocycles. The number of amides is 1.